The van der Waals surface area contributed by atoms with E-state index in [1.807, 2.05) is 0 Å². The molecule has 0 aromatic heterocycles. The van der Waals surface area contributed by atoms with Crippen molar-refractivity contribution in [2.24, 2.45) is 0 Å². The van der Waals surface area contributed by atoms with Gasteiger partial charge in [0, 0.05) is 7.05 Å². The second kappa shape index (κ2) is 5.08. The molecular weight excluding hydrogens is 224 g/mol. The molecule has 0 radical (unpaired) electrons. The number of amides is 1. The fraction of sp³-hybridized carbons (Fsp3) is 0.714. The smallest absolute Gasteiger partial charge is 0.325 e. The second-order valence-corrected chi connectivity index (χ2v) is 5.24. The normalized spacial score (nSPS) is 13.6. The van der Waals surface area contributed by atoms with Gasteiger partial charge in [0.2, 0.25) is 15.9 Å². The number of likely N-dealkylation sites (N-methyl/N-ethyl adjacent to an activating group) is 1. The average Bonchev–Trinajstić information content (AvgIpc) is 2.01. The van der Waals surface area contributed by atoms with Crippen LogP contribution in [0.3, 0.4) is 0 Å². The standard InChI is InChI=1S/C7H14N2O5S/c1-5(7(11)12)8-6(10)4-9(2)15(3,13)14/h5H,4H2,1-3H3,(H,8,10)(H,11,12). The SMILES string of the molecule is CC(NC(=O)CN(C)S(C)(=O)=O)C(=O)O. The molecule has 7 nitrogen and oxygen atoms in total. The van der Waals surface area contributed by atoms with Gasteiger partial charge in [0.05, 0.1) is 12.8 Å². The summed E-state index contributed by atoms with van der Waals surface area (Å²) < 4.78 is 22.7. The Kier molecular flexibility index (Phi) is 4.69. The molecule has 0 fully saturated rings. The molecule has 0 saturated carbocycles. The third-order valence-corrected chi connectivity index (χ3v) is 2.94. The summed E-state index contributed by atoms with van der Waals surface area (Å²) in [6, 6.07) is -1.04. The molecule has 0 aliphatic rings. The van der Waals surface area contributed by atoms with Gasteiger partial charge in [-0.05, 0) is 6.92 Å². The van der Waals surface area contributed by atoms with Crippen LogP contribution in [0.5, 0.6) is 0 Å². The van der Waals surface area contributed by atoms with E-state index in [0.29, 0.717) is 0 Å². The second-order valence-electron chi connectivity index (χ2n) is 3.15. The van der Waals surface area contributed by atoms with Crippen LogP contribution in [0.15, 0.2) is 0 Å². The predicted octanol–water partition coefficient (Wildman–Crippen LogP) is -1.53. The lowest BCUT2D eigenvalue weighted by atomic mass is 10.3. The van der Waals surface area contributed by atoms with Crippen molar-refractivity contribution in [3.05, 3.63) is 0 Å². The number of aliphatic carboxylic acids is 1. The molecule has 0 aromatic carbocycles. The van der Waals surface area contributed by atoms with Crippen molar-refractivity contribution in [3.8, 4) is 0 Å². The Morgan fingerprint density at radius 3 is 2.27 bits per heavy atom. The number of carboxylic acids is 1. The quantitative estimate of drug-likeness (QED) is 0.604. The summed E-state index contributed by atoms with van der Waals surface area (Å²) in [5.74, 6) is -1.83. The number of hydrogen-bond donors (Lipinski definition) is 2. The zero-order valence-corrected chi connectivity index (χ0v) is 9.54. The topological polar surface area (TPSA) is 104 Å². The van der Waals surface area contributed by atoms with Crippen LogP contribution in [0.25, 0.3) is 0 Å². The Morgan fingerprint density at radius 1 is 1.47 bits per heavy atom. The number of hydrogen-bond acceptors (Lipinski definition) is 4. The summed E-state index contributed by atoms with van der Waals surface area (Å²) in [4.78, 5) is 21.5. The molecule has 0 heterocycles. The van der Waals surface area contributed by atoms with Crippen LogP contribution in [0.2, 0.25) is 0 Å². The van der Waals surface area contributed by atoms with E-state index in [9.17, 15) is 18.0 Å². The molecule has 15 heavy (non-hydrogen) atoms. The maximum absolute atomic E-state index is 11.1. The van der Waals surface area contributed by atoms with Crippen LogP contribution < -0.4 is 5.32 Å². The number of carbonyl (C=O) groups is 2. The van der Waals surface area contributed by atoms with E-state index in [1.54, 1.807) is 0 Å². The maximum Gasteiger partial charge on any atom is 0.325 e. The van der Waals surface area contributed by atoms with Crippen molar-refractivity contribution in [1.29, 1.82) is 0 Å². The number of nitrogens with zero attached hydrogens (tertiary/aromatic N) is 1. The number of carboxylic acid groups (broad SMARTS) is 1. The zero-order chi connectivity index (χ0) is 12.2. The van der Waals surface area contributed by atoms with Crippen molar-refractivity contribution in [2.75, 3.05) is 19.8 Å². The summed E-state index contributed by atoms with van der Waals surface area (Å²) in [6.45, 7) is 0.900. The third-order valence-electron chi connectivity index (χ3n) is 1.68. The fourth-order valence-corrected chi connectivity index (χ4v) is 1.02. The highest BCUT2D eigenvalue weighted by atomic mass is 32.2. The summed E-state index contributed by atoms with van der Waals surface area (Å²) in [5, 5.41) is 10.6. The highest BCUT2D eigenvalue weighted by Crippen LogP contribution is 1.92. The largest absolute Gasteiger partial charge is 0.480 e. The Balaban J connectivity index is 4.23. The molecule has 0 aliphatic carbocycles. The number of rotatable bonds is 5. The van der Waals surface area contributed by atoms with Crippen LogP contribution in [0.1, 0.15) is 6.92 Å². The molecule has 2 N–H and O–H groups in total. The lowest BCUT2D eigenvalue weighted by Gasteiger charge is -2.15. The molecule has 0 aliphatic heterocycles. The van der Waals surface area contributed by atoms with E-state index in [1.165, 1.54) is 14.0 Å². The molecule has 1 atom stereocenters. The minimum Gasteiger partial charge on any atom is -0.480 e. The summed E-state index contributed by atoms with van der Waals surface area (Å²) in [5.41, 5.74) is 0. The van der Waals surface area contributed by atoms with Crippen molar-refractivity contribution in [1.82, 2.24) is 9.62 Å². The van der Waals surface area contributed by atoms with Crippen LogP contribution in [-0.4, -0.2) is 55.6 Å². The van der Waals surface area contributed by atoms with Gasteiger partial charge in [-0.15, -0.1) is 0 Å². The van der Waals surface area contributed by atoms with Gasteiger partial charge in [0.15, 0.2) is 0 Å². The van der Waals surface area contributed by atoms with E-state index in [0.717, 1.165) is 10.6 Å². The molecule has 88 valence electrons. The first kappa shape index (κ1) is 13.8. The molecule has 0 rings (SSSR count). The first-order valence-corrected chi connectivity index (χ1v) is 5.93. The van der Waals surface area contributed by atoms with Gasteiger partial charge in [-0.3, -0.25) is 9.59 Å². The third kappa shape index (κ3) is 5.33. The van der Waals surface area contributed by atoms with Crippen LogP contribution in [-0.2, 0) is 19.6 Å². The lowest BCUT2D eigenvalue weighted by molar-refractivity contribution is -0.141. The van der Waals surface area contributed by atoms with Gasteiger partial charge in [-0.25, -0.2) is 8.42 Å². The lowest BCUT2D eigenvalue weighted by Crippen LogP contribution is -2.44. The van der Waals surface area contributed by atoms with Crippen molar-refractivity contribution >= 4 is 21.9 Å². The van der Waals surface area contributed by atoms with E-state index in [2.05, 4.69) is 5.32 Å². The van der Waals surface area contributed by atoms with E-state index in [4.69, 9.17) is 5.11 Å². The Hall–Kier alpha value is -1.15. The molecule has 1 amide bonds. The highest BCUT2D eigenvalue weighted by molar-refractivity contribution is 7.88. The first-order chi connectivity index (χ1) is 6.64. The minimum absolute atomic E-state index is 0.392. The molecule has 1 unspecified atom stereocenters. The first-order valence-electron chi connectivity index (χ1n) is 4.08. The predicted molar refractivity (Wildman–Crippen MR) is 52.7 cm³/mol. The van der Waals surface area contributed by atoms with Gasteiger partial charge in [0.1, 0.15) is 6.04 Å². The minimum atomic E-state index is -3.43. The average molecular weight is 238 g/mol. The Labute approximate surface area is 88.1 Å². The molecular formula is C7H14N2O5S. The van der Waals surface area contributed by atoms with Gasteiger partial charge >= 0.3 is 5.97 Å². The summed E-state index contributed by atoms with van der Waals surface area (Å²) in [7, 11) is -2.19. The fourth-order valence-electron chi connectivity index (χ4n) is 0.668. The van der Waals surface area contributed by atoms with Gasteiger partial charge in [0.25, 0.3) is 0 Å². The molecule has 0 aromatic rings. The Bertz CT molecular complexity index is 350. The number of nitrogens with one attached hydrogen (secondary N) is 1. The van der Waals surface area contributed by atoms with E-state index >= 15 is 0 Å². The maximum atomic E-state index is 11.1. The summed E-state index contributed by atoms with van der Waals surface area (Å²) in [6.07, 6.45) is 0.959. The van der Waals surface area contributed by atoms with E-state index < -0.39 is 34.5 Å². The summed E-state index contributed by atoms with van der Waals surface area (Å²) >= 11 is 0. The molecule has 0 spiro atoms. The highest BCUT2D eigenvalue weighted by Gasteiger charge is 2.18. The monoisotopic (exact) mass is 238 g/mol. The van der Waals surface area contributed by atoms with Crippen molar-refractivity contribution in [2.45, 2.75) is 13.0 Å². The van der Waals surface area contributed by atoms with Gasteiger partial charge in [-0.1, -0.05) is 0 Å². The van der Waals surface area contributed by atoms with E-state index in [-0.39, 0.29) is 0 Å². The molecule has 0 saturated heterocycles. The van der Waals surface area contributed by atoms with Crippen molar-refractivity contribution in [3.63, 3.8) is 0 Å². The number of carbonyl (C=O) groups excluding carboxylic acids is 1. The Morgan fingerprint density at radius 2 is 1.93 bits per heavy atom. The van der Waals surface area contributed by atoms with Crippen LogP contribution in [0.4, 0.5) is 0 Å². The zero-order valence-electron chi connectivity index (χ0n) is 8.72. The number of sulfonamides is 1. The van der Waals surface area contributed by atoms with Crippen LogP contribution in [0, 0.1) is 0 Å². The molecule has 8 heteroatoms. The molecule has 0 bridgehead atoms. The van der Waals surface area contributed by atoms with Gasteiger partial charge in [-0.2, -0.15) is 4.31 Å². The van der Waals surface area contributed by atoms with Crippen LogP contribution >= 0.6 is 0 Å². The van der Waals surface area contributed by atoms with Crippen molar-refractivity contribution < 1.29 is 23.1 Å². The van der Waals surface area contributed by atoms with Gasteiger partial charge < -0.3 is 10.4 Å².